The standard InChI is InChI=1S/C41H66N2O12/c1-12-19-49-33(27-17-15-14-16-18-27)37(46)52-32-25(6)34(53-38-31(44)28(43(10)11)20-23(4)50-38)40(8,48)21-22(3)30(42)24(5)35-41(9,55-39(47)54-35)29(13-2)51-36(45)26(32)7/h14-18,22-26,28-35,38,44,48H,12-13,19-21,42H2,1-11H3/t22-,23-,24-,25+,26-,28+,29?,30+,31-,32+,33?,34-,35-,38+,40+,41-/m1/s1. The first-order valence-electron chi connectivity index (χ1n) is 19.9. The molecule has 1 aromatic carbocycles. The highest BCUT2D eigenvalue weighted by molar-refractivity contribution is 5.78. The number of carbonyl (C=O) groups excluding carboxylic acids is 3. The third-order valence-electron chi connectivity index (χ3n) is 11.9. The van der Waals surface area contributed by atoms with Crippen molar-refractivity contribution in [3.63, 3.8) is 0 Å². The average molecular weight is 779 g/mol. The molecule has 0 amide bonds. The Labute approximate surface area is 326 Å². The van der Waals surface area contributed by atoms with Gasteiger partial charge in [-0.15, -0.1) is 0 Å². The zero-order valence-corrected chi connectivity index (χ0v) is 34.5. The highest BCUT2D eigenvalue weighted by Gasteiger charge is 2.59. The monoisotopic (exact) mass is 778 g/mol. The fourth-order valence-electron chi connectivity index (χ4n) is 8.80. The van der Waals surface area contributed by atoms with Gasteiger partial charge in [-0.2, -0.15) is 0 Å². The van der Waals surface area contributed by atoms with Crippen molar-refractivity contribution in [3.05, 3.63) is 35.9 Å². The fourth-order valence-corrected chi connectivity index (χ4v) is 8.80. The first-order valence-corrected chi connectivity index (χ1v) is 19.9. The van der Waals surface area contributed by atoms with Crippen LogP contribution in [0.15, 0.2) is 30.3 Å². The minimum atomic E-state index is -1.71. The molecule has 1 aromatic rings. The number of cyclic esters (lactones) is 1. The fraction of sp³-hybridized carbons (Fsp3) is 0.780. The lowest BCUT2D eigenvalue weighted by atomic mass is 9.72. The summed E-state index contributed by atoms with van der Waals surface area (Å²) in [4.78, 5) is 43.3. The van der Waals surface area contributed by atoms with E-state index in [4.69, 9.17) is 38.9 Å². The number of aliphatic hydroxyl groups excluding tert-OH is 1. The lowest BCUT2D eigenvalue weighted by molar-refractivity contribution is -0.300. The number of hydrogen-bond acceptors (Lipinski definition) is 14. The van der Waals surface area contributed by atoms with Gasteiger partial charge in [0.2, 0.25) is 0 Å². The zero-order valence-electron chi connectivity index (χ0n) is 34.5. The molecule has 3 aliphatic rings. The molecular weight excluding hydrogens is 712 g/mol. The molecule has 3 heterocycles. The van der Waals surface area contributed by atoms with E-state index >= 15 is 0 Å². The number of rotatable bonds is 10. The molecule has 0 saturated carbocycles. The number of fused-ring (bicyclic) bond motifs is 1. The first-order chi connectivity index (χ1) is 25.8. The van der Waals surface area contributed by atoms with Gasteiger partial charge in [-0.1, -0.05) is 65.0 Å². The Kier molecular flexibility index (Phi) is 15.2. The van der Waals surface area contributed by atoms with Crippen LogP contribution in [0.4, 0.5) is 4.79 Å². The highest BCUT2D eigenvalue weighted by Crippen LogP contribution is 2.43. The SMILES string of the molecule is CCCOC(C(=O)O[C@H]1[C@H](C)[C@@H](O[C@@H]2O[C@H](C)C[C@H](N(C)C)[C@H]2O)[C@@](C)(O)C[C@@H](C)[C@H](N)[C@@H](C)[C@H]2OC(=O)O[C@]2(C)C(CC)OC(=O)[C@@H]1C)c1ccccc1. The quantitative estimate of drug-likeness (QED) is 0.222. The van der Waals surface area contributed by atoms with E-state index in [1.165, 1.54) is 0 Å². The van der Waals surface area contributed by atoms with Crippen molar-refractivity contribution in [2.45, 2.75) is 160 Å². The summed E-state index contributed by atoms with van der Waals surface area (Å²) in [5.74, 6) is -4.41. The number of hydrogen-bond donors (Lipinski definition) is 3. The lowest BCUT2D eigenvalue weighted by Gasteiger charge is -2.48. The van der Waals surface area contributed by atoms with E-state index in [2.05, 4.69) is 0 Å². The van der Waals surface area contributed by atoms with E-state index in [0.717, 1.165) is 0 Å². The van der Waals surface area contributed by atoms with Gasteiger partial charge in [-0.05, 0) is 79.0 Å². The van der Waals surface area contributed by atoms with Crippen LogP contribution >= 0.6 is 0 Å². The number of nitrogens with zero attached hydrogens (tertiary/aromatic N) is 1. The zero-order chi connectivity index (χ0) is 41.0. The van der Waals surface area contributed by atoms with Crippen LogP contribution in [0.25, 0.3) is 0 Å². The summed E-state index contributed by atoms with van der Waals surface area (Å²) in [7, 11) is 3.72. The molecule has 0 bridgehead atoms. The minimum absolute atomic E-state index is 0.0736. The van der Waals surface area contributed by atoms with Crippen LogP contribution < -0.4 is 5.73 Å². The Balaban J connectivity index is 1.85. The van der Waals surface area contributed by atoms with E-state index in [1.807, 2.05) is 59.7 Å². The van der Waals surface area contributed by atoms with Crippen molar-refractivity contribution in [2.75, 3.05) is 20.7 Å². The lowest BCUT2D eigenvalue weighted by Crippen LogP contribution is -2.60. The maximum absolute atomic E-state index is 14.4. The molecular formula is C41H66N2O12. The maximum Gasteiger partial charge on any atom is 0.509 e. The Morgan fingerprint density at radius 1 is 1.04 bits per heavy atom. The summed E-state index contributed by atoms with van der Waals surface area (Å²) >= 11 is 0. The molecule has 14 heteroatoms. The number of ether oxygens (including phenoxy) is 7. The number of nitrogens with two attached hydrogens (primary N) is 1. The van der Waals surface area contributed by atoms with Crippen molar-refractivity contribution in [1.82, 2.24) is 4.90 Å². The summed E-state index contributed by atoms with van der Waals surface area (Å²) in [5.41, 5.74) is 4.37. The first kappa shape index (κ1) is 44.9. The van der Waals surface area contributed by atoms with E-state index < -0.39 is 102 Å². The minimum Gasteiger partial charge on any atom is -0.459 e. The number of benzene rings is 1. The predicted octanol–water partition coefficient (Wildman–Crippen LogP) is 4.52. The second kappa shape index (κ2) is 18.6. The van der Waals surface area contributed by atoms with E-state index in [0.29, 0.717) is 18.4 Å². The number of likely N-dealkylation sites (N-methyl/N-ethyl adjacent to an activating group) is 1. The van der Waals surface area contributed by atoms with Gasteiger partial charge in [0.05, 0.1) is 23.7 Å². The van der Waals surface area contributed by atoms with Crippen molar-refractivity contribution in [1.29, 1.82) is 0 Å². The molecule has 3 aliphatic heterocycles. The third kappa shape index (κ3) is 10.0. The average Bonchev–Trinajstić information content (AvgIpc) is 3.45. The second-order valence-electron chi connectivity index (χ2n) is 16.7. The smallest absolute Gasteiger partial charge is 0.459 e. The van der Waals surface area contributed by atoms with Crippen LogP contribution in [0, 0.1) is 23.7 Å². The van der Waals surface area contributed by atoms with Crippen LogP contribution in [-0.4, -0.2) is 120 Å². The van der Waals surface area contributed by atoms with E-state index in [9.17, 15) is 24.6 Å². The van der Waals surface area contributed by atoms with Gasteiger partial charge >= 0.3 is 18.1 Å². The summed E-state index contributed by atoms with van der Waals surface area (Å²) in [6.45, 7) is 16.2. The van der Waals surface area contributed by atoms with Gasteiger partial charge in [0.1, 0.15) is 18.3 Å². The van der Waals surface area contributed by atoms with E-state index in [-0.39, 0.29) is 31.6 Å². The van der Waals surface area contributed by atoms with Crippen molar-refractivity contribution in [3.8, 4) is 0 Å². The Bertz CT molecular complexity index is 1430. The topological polar surface area (TPSA) is 186 Å². The highest BCUT2D eigenvalue weighted by atomic mass is 16.8. The van der Waals surface area contributed by atoms with Crippen LogP contribution in [-0.2, 0) is 42.7 Å². The van der Waals surface area contributed by atoms with Gasteiger partial charge in [0.15, 0.2) is 24.1 Å². The summed E-state index contributed by atoms with van der Waals surface area (Å²) < 4.78 is 42.9. The van der Waals surface area contributed by atoms with Crippen LogP contribution in [0.5, 0.6) is 0 Å². The molecule has 2 unspecified atom stereocenters. The molecule has 16 atom stereocenters. The van der Waals surface area contributed by atoms with Crippen molar-refractivity contribution < 1.29 is 57.8 Å². The molecule has 3 saturated heterocycles. The molecule has 312 valence electrons. The molecule has 0 radical (unpaired) electrons. The largest absolute Gasteiger partial charge is 0.509 e. The molecule has 0 aromatic heterocycles. The Morgan fingerprint density at radius 3 is 2.29 bits per heavy atom. The molecule has 4 rings (SSSR count). The summed E-state index contributed by atoms with van der Waals surface area (Å²) in [5, 5.41) is 24.2. The Morgan fingerprint density at radius 2 is 1.69 bits per heavy atom. The molecule has 4 N–H and O–H groups in total. The van der Waals surface area contributed by atoms with E-state index in [1.54, 1.807) is 52.0 Å². The molecule has 0 aliphatic carbocycles. The van der Waals surface area contributed by atoms with Gasteiger partial charge in [0.25, 0.3) is 0 Å². The second-order valence-corrected chi connectivity index (χ2v) is 16.7. The van der Waals surface area contributed by atoms with Crippen molar-refractivity contribution in [2.24, 2.45) is 29.4 Å². The van der Waals surface area contributed by atoms with Crippen LogP contribution in [0.1, 0.15) is 99.7 Å². The number of carbonyl (C=O) groups is 3. The van der Waals surface area contributed by atoms with Gasteiger partial charge in [-0.3, -0.25) is 4.79 Å². The summed E-state index contributed by atoms with van der Waals surface area (Å²) in [6, 6.07) is 7.97. The molecule has 14 nitrogen and oxygen atoms in total. The maximum atomic E-state index is 14.4. The number of esters is 2. The molecule has 3 fully saturated rings. The third-order valence-corrected chi connectivity index (χ3v) is 11.9. The van der Waals surface area contributed by atoms with Gasteiger partial charge in [0, 0.05) is 30.5 Å². The predicted molar refractivity (Wildman–Crippen MR) is 202 cm³/mol. The van der Waals surface area contributed by atoms with Gasteiger partial charge in [-0.25, -0.2) is 9.59 Å². The van der Waals surface area contributed by atoms with Crippen LogP contribution in [0.2, 0.25) is 0 Å². The molecule has 55 heavy (non-hydrogen) atoms. The Hall–Kier alpha value is -2.85. The van der Waals surface area contributed by atoms with Crippen LogP contribution in [0.3, 0.4) is 0 Å². The van der Waals surface area contributed by atoms with Gasteiger partial charge < -0.3 is 54.0 Å². The summed E-state index contributed by atoms with van der Waals surface area (Å²) in [6.07, 6.45) is -7.36. The molecule has 0 spiro atoms. The number of aliphatic hydroxyl groups is 2. The van der Waals surface area contributed by atoms with Crippen molar-refractivity contribution >= 4 is 18.1 Å². The normalized spacial score (nSPS) is 41.0.